The zero-order valence-corrected chi connectivity index (χ0v) is 10.5. The Morgan fingerprint density at radius 3 is 2.56 bits per heavy atom. The summed E-state index contributed by atoms with van der Waals surface area (Å²) in [6, 6.07) is 13.8. The molecule has 1 aromatic heterocycles. The molecule has 0 spiro atoms. The van der Waals surface area contributed by atoms with Gasteiger partial charge in [-0.3, -0.25) is 4.98 Å². The van der Waals surface area contributed by atoms with Crippen molar-refractivity contribution in [1.82, 2.24) is 4.98 Å². The number of pyridine rings is 1. The number of aromatic nitrogens is 1. The second-order valence-electron chi connectivity index (χ2n) is 4.13. The number of ether oxygens (including phenoxy) is 1. The van der Waals surface area contributed by atoms with Gasteiger partial charge in [0.05, 0.1) is 6.61 Å². The molecule has 2 N–H and O–H groups in total. The highest BCUT2D eigenvalue weighted by Gasteiger charge is 2.07. The summed E-state index contributed by atoms with van der Waals surface area (Å²) in [5.41, 5.74) is 8.28. The van der Waals surface area contributed by atoms with Crippen LogP contribution in [0.1, 0.15) is 24.2 Å². The van der Waals surface area contributed by atoms with E-state index in [0.717, 1.165) is 23.4 Å². The molecule has 0 aliphatic rings. The van der Waals surface area contributed by atoms with Gasteiger partial charge >= 0.3 is 0 Å². The summed E-state index contributed by atoms with van der Waals surface area (Å²) in [6.45, 7) is 2.65. The molecule has 2 rings (SSSR count). The van der Waals surface area contributed by atoms with Crippen molar-refractivity contribution in [3.63, 3.8) is 0 Å². The van der Waals surface area contributed by atoms with Crippen LogP contribution in [0.25, 0.3) is 0 Å². The Labute approximate surface area is 108 Å². The van der Waals surface area contributed by atoms with Crippen molar-refractivity contribution in [3.05, 3.63) is 59.9 Å². The summed E-state index contributed by atoms with van der Waals surface area (Å²) in [7, 11) is 0. The maximum atomic E-state index is 6.17. The van der Waals surface area contributed by atoms with E-state index in [2.05, 4.69) is 4.98 Å². The van der Waals surface area contributed by atoms with Gasteiger partial charge < -0.3 is 10.5 Å². The molecule has 0 radical (unpaired) electrons. The first kappa shape index (κ1) is 12.6. The molecule has 18 heavy (non-hydrogen) atoms. The van der Waals surface area contributed by atoms with E-state index in [1.165, 1.54) is 0 Å². The van der Waals surface area contributed by atoms with Gasteiger partial charge in [-0.25, -0.2) is 0 Å². The van der Waals surface area contributed by atoms with Crippen LogP contribution < -0.4 is 10.5 Å². The fourth-order valence-electron chi connectivity index (χ4n) is 1.84. The fourth-order valence-corrected chi connectivity index (χ4v) is 1.84. The normalized spacial score (nSPS) is 12.1. The Morgan fingerprint density at radius 1 is 1.17 bits per heavy atom. The van der Waals surface area contributed by atoms with E-state index in [4.69, 9.17) is 10.5 Å². The number of benzene rings is 1. The molecule has 0 aliphatic heterocycles. The van der Waals surface area contributed by atoms with Crippen LogP contribution in [0.5, 0.6) is 5.75 Å². The highest BCUT2D eigenvalue weighted by molar-refractivity contribution is 5.29. The van der Waals surface area contributed by atoms with Crippen LogP contribution >= 0.6 is 0 Å². The number of hydrogen-bond acceptors (Lipinski definition) is 3. The van der Waals surface area contributed by atoms with Crippen molar-refractivity contribution in [2.75, 3.05) is 6.61 Å². The van der Waals surface area contributed by atoms with E-state index < -0.39 is 0 Å². The van der Waals surface area contributed by atoms with Crippen LogP contribution in [-0.4, -0.2) is 11.6 Å². The van der Waals surface area contributed by atoms with Crippen molar-refractivity contribution in [1.29, 1.82) is 0 Å². The van der Waals surface area contributed by atoms with Gasteiger partial charge in [0.2, 0.25) is 0 Å². The molecular formula is C15H18N2O. The third kappa shape index (κ3) is 3.31. The molecule has 1 aromatic carbocycles. The van der Waals surface area contributed by atoms with Gasteiger partial charge in [-0.05, 0) is 36.8 Å². The van der Waals surface area contributed by atoms with E-state index in [0.29, 0.717) is 6.61 Å². The molecule has 3 heteroatoms. The number of nitrogens with two attached hydrogens (primary N) is 1. The SMILES string of the molecule is CCOc1ccc(C(N)Cc2ccccn2)cc1. The summed E-state index contributed by atoms with van der Waals surface area (Å²) in [5, 5.41) is 0. The molecule has 0 bridgehead atoms. The lowest BCUT2D eigenvalue weighted by molar-refractivity contribution is 0.340. The molecule has 1 heterocycles. The summed E-state index contributed by atoms with van der Waals surface area (Å²) in [5.74, 6) is 0.881. The van der Waals surface area contributed by atoms with Gasteiger partial charge in [-0.2, -0.15) is 0 Å². The van der Waals surface area contributed by atoms with E-state index in [-0.39, 0.29) is 6.04 Å². The van der Waals surface area contributed by atoms with Crippen LogP contribution in [-0.2, 0) is 6.42 Å². The lowest BCUT2D eigenvalue weighted by atomic mass is 10.0. The summed E-state index contributed by atoms with van der Waals surface area (Å²) >= 11 is 0. The summed E-state index contributed by atoms with van der Waals surface area (Å²) < 4.78 is 5.41. The van der Waals surface area contributed by atoms with E-state index >= 15 is 0 Å². The van der Waals surface area contributed by atoms with Gasteiger partial charge in [-0.1, -0.05) is 18.2 Å². The van der Waals surface area contributed by atoms with E-state index in [1.54, 1.807) is 6.20 Å². The molecule has 3 nitrogen and oxygen atoms in total. The van der Waals surface area contributed by atoms with Crippen molar-refractivity contribution in [3.8, 4) is 5.75 Å². The quantitative estimate of drug-likeness (QED) is 0.877. The minimum Gasteiger partial charge on any atom is -0.494 e. The number of nitrogens with zero attached hydrogens (tertiary/aromatic N) is 1. The van der Waals surface area contributed by atoms with Crippen molar-refractivity contribution in [2.45, 2.75) is 19.4 Å². The Morgan fingerprint density at radius 2 is 1.94 bits per heavy atom. The van der Waals surface area contributed by atoms with Crippen molar-refractivity contribution >= 4 is 0 Å². The molecule has 2 aromatic rings. The second-order valence-corrected chi connectivity index (χ2v) is 4.13. The van der Waals surface area contributed by atoms with Crippen molar-refractivity contribution < 1.29 is 4.74 Å². The number of rotatable bonds is 5. The second kappa shape index (κ2) is 6.17. The Bertz CT molecular complexity index is 468. The molecule has 94 valence electrons. The Kier molecular flexibility index (Phi) is 4.31. The first-order valence-electron chi connectivity index (χ1n) is 6.18. The third-order valence-electron chi connectivity index (χ3n) is 2.77. The maximum Gasteiger partial charge on any atom is 0.119 e. The molecule has 0 amide bonds. The van der Waals surface area contributed by atoms with Crippen LogP contribution in [0.3, 0.4) is 0 Å². The molecule has 0 saturated heterocycles. The van der Waals surface area contributed by atoms with Gasteiger partial charge in [0.1, 0.15) is 5.75 Å². The molecule has 1 unspecified atom stereocenters. The van der Waals surface area contributed by atoms with Gasteiger partial charge in [0, 0.05) is 24.4 Å². The first-order valence-corrected chi connectivity index (χ1v) is 6.18. The monoisotopic (exact) mass is 242 g/mol. The van der Waals surface area contributed by atoms with Crippen LogP contribution in [0.4, 0.5) is 0 Å². The lowest BCUT2D eigenvalue weighted by Crippen LogP contribution is -2.13. The van der Waals surface area contributed by atoms with Gasteiger partial charge in [0.15, 0.2) is 0 Å². The molecule has 0 aliphatic carbocycles. The predicted molar refractivity (Wildman–Crippen MR) is 72.5 cm³/mol. The Balaban J connectivity index is 2.02. The number of hydrogen-bond donors (Lipinski definition) is 1. The topological polar surface area (TPSA) is 48.1 Å². The largest absolute Gasteiger partial charge is 0.494 e. The van der Waals surface area contributed by atoms with Gasteiger partial charge in [-0.15, -0.1) is 0 Å². The zero-order valence-electron chi connectivity index (χ0n) is 10.5. The highest BCUT2D eigenvalue weighted by Crippen LogP contribution is 2.18. The molecule has 0 fully saturated rings. The zero-order chi connectivity index (χ0) is 12.8. The molecule has 1 atom stereocenters. The fraction of sp³-hybridized carbons (Fsp3) is 0.267. The molecular weight excluding hydrogens is 224 g/mol. The van der Waals surface area contributed by atoms with E-state index in [1.807, 2.05) is 49.4 Å². The summed E-state index contributed by atoms with van der Waals surface area (Å²) in [4.78, 5) is 4.29. The predicted octanol–water partition coefficient (Wildman–Crippen LogP) is 2.72. The Hall–Kier alpha value is -1.87. The minimum atomic E-state index is -0.0319. The highest BCUT2D eigenvalue weighted by atomic mass is 16.5. The first-order chi connectivity index (χ1) is 8.79. The standard InChI is InChI=1S/C15H18N2O/c1-2-18-14-8-6-12(7-9-14)15(16)11-13-5-3-4-10-17-13/h3-10,15H,2,11,16H2,1H3. The summed E-state index contributed by atoms with van der Waals surface area (Å²) in [6.07, 6.45) is 2.54. The third-order valence-corrected chi connectivity index (χ3v) is 2.77. The van der Waals surface area contributed by atoms with Crippen molar-refractivity contribution in [2.24, 2.45) is 5.73 Å². The maximum absolute atomic E-state index is 6.17. The van der Waals surface area contributed by atoms with Crippen LogP contribution in [0, 0.1) is 0 Å². The van der Waals surface area contributed by atoms with E-state index in [9.17, 15) is 0 Å². The molecule has 0 saturated carbocycles. The van der Waals surface area contributed by atoms with Gasteiger partial charge in [0.25, 0.3) is 0 Å². The average Bonchev–Trinajstić information content (AvgIpc) is 2.41. The smallest absolute Gasteiger partial charge is 0.119 e. The van der Waals surface area contributed by atoms with Crippen LogP contribution in [0.15, 0.2) is 48.7 Å². The average molecular weight is 242 g/mol. The van der Waals surface area contributed by atoms with Crippen LogP contribution in [0.2, 0.25) is 0 Å². The lowest BCUT2D eigenvalue weighted by Gasteiger charge is -2.12. The minimum absolute atomic E-state index is 0.0319.